The van der Waals surface area contributed by atoms with Crippen molar-refractivity contribution in [2.24, 2.45) is 0 Å². The number of aliphatic hydroxyl groups excluding tert-OH is 1. The first-order valence-corrected chi connectivity index (χ1v) is 28.1. The van der Waals surface area contributed by atoms with Crippen molar-refractivity contribution >= 4 is 17.8 Å². The first-order chi connectivity index (χ1) is 31.7. The number of carbonyl (C=O) groups excluding carboxylic acids is 3. The molecule has 0 aromatic heterocycles. The van der Waals surface area contributed by atoms with Gasteiger partial charge in [0.15, 0.2) is 0 Å². The van der Waals surface area contributed by atoms with Crippen molar-refractivity contribution in [1.82, 2.24) is 20.0 Å². The Morgan fingerprint density at radius 1 is 0.569 bits per heavy atom. The molecule has 1 amide bonds. The van der Waals surface area contributed by atoms with Crippen LogP contribution in [0.1, 0.15) is 252 Å². The van der Waals surface area contributed by atoms with Crippen molar-refractivity contribution in [3.63, 3.8) is 0 Å². The molecule has 65 heavy (non-hydrogen) atoms. The zero-order valence-electron chi connectivity index (χ0n) is 43.7. The Labute approximate surface area is 402 Å². The quantitative estimate of drug-likeness (QED) is 0.0455. The van der Waals surface area contributed by atoms with E-state index in [9.17, 15) is 19.5 Å². The van der Waals surface area contributed by atoms with Crippen LogP contribution in [0.4, 0.5) is 0 Å². The highest BCUT2D eigenvalue weighted by atomic mass is 16.5. The van der Waals surface area contributed by atoms with Crippen molar-refractivity contribution in [2.45, 2.75) is 270 Å². The molecule has 0 spiro atoms. The summed E-state index contributed by atoms with van der Waals surface area (Å²) in [5.41, 5.74) is 0. The summed E-state index contributed by atoms with van der Waals surface area (Å²) in [6.07, 6.45) is 39.7. The van der Waals surface area contributed by atoms with Crippen LogP contribution in [0.3, 0.4) is 0 Å². The number of unbranched alkanes of at least 4 members (excludes halogenated alkanes) is 25. The molecule has 2 N–H and O–H groups in total. The van der Waals surface area contributed by atoms with E-state index < -0.39 is 6.10 Å². The number of ether oxygens (including phenoxy) is 2. The van der Waals surface area contributed by atoms with Crippen molar-refractivity contribution in [3.8, 4) is 0 Å². The van der Waals surface area contributed by atoms with E-state index in [0.29, 0.717) is 32.5 Å². The molecule has 0 aliphatic carbocycles. The van der Waals surface area contributed by atoms with Gasteiger partial charge in [0, 0.05) is 45.6 Å². The molecule has 0 radical (unpaired) electrons. The van der Waals surface area contributed by atoms with Gasteiger partial charge in [0.2, 0.25) is 5.91 Å². The third-order valence-electron chi connectivity index (χ3n) is 13.7. The van der Waals surface area contributed by atoms with Crippen molar-refractivity contribution in [3.05, 3.63) is 0 Å². The molecule has 10 nitrogen and oxygen atoms in total. The van der Waals surface area contributed by atoms with Gasteiger partial charge in [0.05, 0.1) is 12.7 Å². The standard InChI is InChI=1S/C55H108N4O6/c1-6-9-12-15-18-19-20-26-36-47-64-53(61)40-31-27-35-44-59(48-50(60)37-32-33-42-56-55(63)52-49-57(4)45-46-58(52)5)43-34-25-21-24-30-41-54(62)65-51(38-28-22-16-13-10-7-2)39-29-23-17-14-11-8-3/h50-52,60H,6-49H2,1-5H3,(H,56,63). The second-order valence-electron chi connectivity index (χ2n) is 20.1. The van der Waals surface area contributed by atoms with Crippen LogP contribution >= 0.6 is 0 Å². The SMILES string of the molecule is CCCCCCCCCCCOC(=O)CCCCCN(CCCCCCCC(=O)OC(CCCCCCCC)CCCCCCCC)CC(O)CCCCNC(=O)C1CN(C)CCN1C. The van der Waals surface area contributed by atoms with Crippen LogP contribution in [0.25, 0.3) is 0 Å². The van der Waals surface area contributed by atoms with E-state index in [4.69, 9.17) is 9.47 Å². The Bertz CT molecular complexity index is 1080. The van der Waals surface area contributed by atoms with Crippen LogP contribution in [-0.4, -0.2) is 122 Å². The summed E-state index contributed by atoms with van der Waals surface area (Å²) in [5.74, 6) is 0.0239. The molecule has 1 fully saturated rings. The van der Waals surface area contributed by atoms with Gasteiger partial charge in [-0.05, 0) is 104 Å². The number of nitrogens with zero attached hydrogens (tertiary/aromatic N) is 3. The van der Waals surface area contributed by atoms with E-state index >= 15 is 0 Å². The van der Waals surface area contributed by atoms with Gasteiger partial charge in [-0.1, -0.05) is 162 Å². The van der Waals surface area contributed by atoms with Gasteiger partial charge in [0.25, 0.3) is 0 Å². The summed E-state index contributed by atoms with van der Waals surface area (Å²) in [4.78, 5) is 44.9. The van der Waals surface area contributed by atoms with Crippen molar-refractivity contribution < 1.29 is 29.0 Å². The van der Waals surface area contributed by atoms with Crippen LogP contribution < -0.4 is 5.32 Å². The predicted molar refractivity (Wildman–Crippen MR) is 273 cm³/mol. The number of hydrogen-bond acceptors (Lipinski definition) is 9. The lowest BCUT2D eigenvalue weighted by atomic mass is 10.0. The molecule has 1 aliphatic heterocycles. The lowest BCUT2D eigenvalue weighted by Crippen LogP contribution is -2.56. The maximum atomic E-state index is 12.9. The fraction of sp³-hybridized carbons (Fsp3) is 0.945. The maximum absolute atomic E-state index is 12.9. The average Bonchev–Trinajstić information content (AvgIpc) is 3.29. The minimum atomic E-state index is -0.406. The molecule has 0 aromatic carbocycles. The van der Waals surface area contributed by atoms with Crippen LogP contribution in [-0.2, 0) is 23.9 Å². The van der Waals surface area contributed by atoms with Crippen LogP contribution in [0, 0.1) is 0 Å². The molecule has 1 saturated heterocycles. The number of piperazine rings is 1. The number of rotatable bonds is 47. The number of hydrogen-bond donors (Lipinski definition) is 2. The van der Waals surface area contributed by atoms with E-state index in [0.717, 1.165) is 142 Å². The van der Waals surface area contributed by atoms with Gasteiger partial charge in [-0.3, -0.25) is 19.3 Å². The van der Waals surface area contributed by atoms with Crippen LogP contribution in [0.2, 0.25) is 0 Å². The normalized spacial score (nSPS) is 15.2. The maximum Gasteiger partial charge on any atom is 0.306 e. The molecular formula is C55H108N4O6. The average molecular weight is 921 g/mol. The minimum absolute atomic E-state index is 0.00812. The molecule has 0 saturated carbocycles. The molecular weight excluding hydrogens is 813 g/mol. The van der Waals surface area contributed by atoms with Gasteiger partial charge in [-0.15, -0.1) is 0 Å². The number of amides is 1. The first kappa shape index (κ1) is 61.3. The summed E-state index contributed by atoms with van der Waals surface area (Å²) in [7, 11) is 4.09. The Balaban J connectivity index is 2.44. The van der Waals surface area contributed by atoms with E-state index in [2.05, 4.69) is 47.8 Å². The number of carbonyl (C=O) groups is 3. The first-order valence-electron chi connectivity index (χ1n) is 28.1. The third-order valence-corrected chi connectivity index (χ3v) is 13.7. The van der Waals surface area contributed by atoms with Gasteiger partial charge < -0.3 is 29.7 Å². The van der Waals surface area contributed by atoms with E-state index in [1.54, 1.807) is 0 Å². The van der Waals surface area contributed by atoms with Gasteiger partial charge in [-0.25, -0.2) is 0 Å². The molecule has 10 heteroatoms. The molecule has 1 aliphatic rings. The lowest BCUT2D eigenvalue weighted by molar-refractivity contribution is -0.150. The summed E-state index contributed by atoms with van der Waals surface area (Å²) < 4.78 is 11.6. The molecule has 2 unspecified atom stereocenters. The molecule has 0 aromatic rings. The number of aliphatic hydroxyl groups is 1. The molecule has 1 heterocycles. The fourth-order valence-electron chi connectivity index (χ4n) is 9.21. The summed E-state index contributed by atoms with van der Waals surface area (Å²) in [6.45, 7) is 13.1. The predicted octanol–water partition coefficient (Wildman–Crippen LogP) is 12.6. The fourth-order valence-corrected chi connectivity index (χ4v) is 9.21. The largest absolute Gasteiger partial charge is 0.466 e. The second-order valence-corrected chi connectivity index (χ2v) is 20.1. The molecule has 1 rings (SSSR count). The van der Waals surface area contributed by atoms with E-state index in [-0.39, 0.29) is 30.0 Å². The van der Waals surface area contributed by atoms with E-state index in [1.165, 1.54) is 109 Å². The van der Waals surface area contributed by atoms with Crippen molar-refractivity contribution in [2.75, 3.05) is 66.5 Å². The zero-order chi connectivity index (χ0) is 47.4. The molecule has 384 valence electrons. The number of likely N-dealkylation sites (N-methyl/N-ethyl adjacent to an activating group) is 2. The number of esters is 2. The minimum Gasteiger partial charge on any atom is -0.466 e. The Kier molecular flexibility index (Phi) is 42.2. The van der Waals surface area contributed by atoms with E-state index in [1.807, 2.05) is 7.05 Å². The zero-order valence-corrected chi connectivity index (χ0v) is 43.7. The van der Waals surface area contributed by atoms with Crippen LogP contribution in [0.5, 0.6) is 0 Å². The van der Waals surface area contributed by atoms with Gasteiger partial charge in [-0.2, -0.15) is 0 Å². The third kappa shape index (κ3) is 37.9. The summed E-state index contributed by atoms with van der Waals surface area (Å²) in [6, 6.07) is -0.101. The van der Waals surface area contributed by atoms with Crippen LogP contribution in [0.15, 0.2) is 0 Å². The second kappa shape index (κ2) is 44.7. The van der Waals surface area contributed by atoms with Gasteiger partial charge >= 0.3 is 11.9 Å². The number of nitrogens with one attached hydrogen (secondary N) is 1. The topological polar surface area (TPSA) is 112 Å². The molecule has 2 atom stereocenters. The monoisotopic (exact) mass is 921 g/mol. The highest BCUT2D eigenvalue weighted by Crippen LogP contribution is 2.19. The van der Waals surface area contributed by atoms with Gasteiger partial charge in [0.1, 0.15) is 12.1 Å². The van der Waals surface area contributed by atoms with Crippen molar-refractivity contribution in [1.29, 1.82) is 0 Å². The Morgan fingerprint density at radius 3 is 1.60 bits per heavy atom. The highest BCUT2D eigenvalue weighted by Gasteiger charge is 2.28. The lowest BCUT2D eigenvalue weighted by Gasteiger charge is -2.36. The highest BCUT2D eigenvalue weighted by molar-refractivity contribution is 5.82. The smallest absolute Gasteiger partial charge is 0.306 e. The summed E-state index contributed by atoms with van der Waals surface area (Å²) >= 11 is 0. The Morgan fingerprint density at radius 2 is 1.03 bits per heavy atom. The summed E-state index contributed by atoms with van der Waals surface area (Å²) in [5, 5.41) is 14.2. The Hall–Kier alpha value is -1.75. The molecule has 0 bridgehead atoms.